The molecule has 2 aromatic rings. The van der Waals surface area contributed by atoms with Crippen LogP contribution >= 0.6 is 0 Å². The smallest absolute Gasteiger partial charge is 0.339 e. The molecular formula is C25H15NO6S. The number of amides is 2. The Morgan fingerprint density at radius 2 is 1.73 bits per heavy atom. The summed E-state index contributed by atoms with van der Waals surface area (Å²) in [4.78, 5) is 24.6. The van der Waals surface area contributed by atoms with Crippen LogP contribution in [0.4, 0.5) is 0 Å². The Balaban J connectivity index is 1.47. The number of rotatable bonds is 3. The molecule has 0 radical (unpaired) electrons. The Morgan fingerprint density at radius 1 is 0.909 bits per heavy atom. The van der Waals surface area contributed by atoms with Crippen molar-refractivity contribution in [3.8, 4) is 5.75 Å². The van der Waals surface area contributed by atoms with E-state index in [4.69, 9.17) is 8.92 Å². The van der Waals surface area contributed by atoms with E-state index in [1.54, 1.807) is 48.6 Å². The first kappa shape index (κ1) is 19.5. The normalized spacial score (nSPS) is 22.0. The summed E-state index contributed by atoms with van der Waals surface area (Å²) in [7, 11) is -4.07. The van der Waals surface area contributed by atoms with Gasteiger partial charge in [-0.05, 0) is 30.4 Å². The molecule has 2 heterocycles. The minimum absolute atomic E-state index is 0.0281. The lowest BCUT2D eigenvalue weighted by Gasteiger charge is -2.41. The molecule has 7 nitrogen and oxygen atoms in total. The lowest BCUT2D eigenvalue weighted by molar-refractivity contribution is 0.0877. The van der Waals surface area contributed by atoms with Gasteiger partial charge in [0.15, 0.2) is 5.60 Å². The van der Waals surface area contributed by atoms with Gasteiger partial charge in [-0.2, -0.15) is 8.42 Å². The first-order chi connectivity index (χ1) is 15.9. The number of allylic oxidation sites excluding steroid dienone is 3. The van der Waals surface area contributed by atoms with Crippen molar-refractivity contribution in [3.63, 3.8) is 0 Å². The van der Waals surface area contributed by atoms with Crippen molar-refractivity contribution in [1.82, 2.24) is 5.32 Å². The molecule has 4 aliphatic rings. The molecule has 2 aliphatic carbocycles. The van der Waals surface area contributed by atoms with E-state index >= 15 is 0 Å². The first-order valence-corrected chi connectivity index (χ1v) is 11.5. The Labute approximate surface area is 189 Å². The van der Waals surface area contributed by atoms with E-state index in [1.165, 1.54) is 12.1 Å². The highest BCUT2D eigenvalue weighted by Crippen LogP contribution is 2.48. The highest BCUT2D eigenvalue weighted by molar-refractivity contribution is 7.86. The Hall–Kier alpha value is -4.17. The molecule has 1 spiro atoms. The van der Waals surface area contributed by atoms with Gasteiger partial charge in [0.2, 0.25) is 0 Å². The summed E-state index contributed by atoms with van der Waals surface area (Å²) in [6, 6.07) is 11.2. The molecule has 8 heteroatoms. The third-order valence-electron chi connectivity index (χ3n) is 5.88. The molecule has 1 unspecified atom stereocenters. The lowest BCUT2D eigenvalue weighted by Crippen LogP contribution is -2.42. The molecule has 1 N–H and O–H groups in total. The SMILES string of the molecule is O=C1NC(=O)c2c1ccc1c2OC23C=C(OS(=O)(=O)c4ccccc4)C=CC2=CC=CC3=C1. The minimum atomic E-state index is -4.07. The second kappa shape index (κ2) is 6.66. The number of hydrogen-bond donors (Lipinski definition) is 1. The van der Waals surface area contributed by atoms with Crippen LogP contribution in [-0.2, 0) is 14.3 Å². The molecule has 2 aromatic carbocycles. The standard InChI is InChI=1S/C25H15NO6S/c27-23-20-12-9-15-13-17-6-4-5-16-10-11-18(32-33(29,30)19-7-2-1-3-8-19)14-25(16,17)31-22(15)21(20)24(28)26-23/h1-14H,(H,26,27,28). The predicted octanol–water partition coefficient (Wildman–Crippen LogP) is 3.44. The topological polar surface area (TPSA) is 98.8 Å². The molecule has 0 fully saturated rings. The van der Waals surface area contributed by atoms with Crippen molar-refractivity contribution in [2.24, 2.45) is 0 Å². The summed E-state index contributed by atoms with van der Waals surface area (Å²) < 4.78 is 37.4. The van der Waals surface area contributed by atoms with Crippen LogP contribution in [0.15, 0.2) is 101 Å². The number of imide groups is 1. The number of fused-ring (bicyclic) bond motifs is 3. The van der Waals surface area contributed by atoms with Gasteiger partial charge >= 0.3 is 10.1 Å². The second-order valence-electron chi connectivity index (χ2n) is 7.84. The summed E-state index contributed by atoms with van der Waals surface area (Å²) in [5, 5.41) is 2.29. The fourth-order valence-electron chi connectivity index (χ4n) is 4.35. The fourth-order valence-corrected chi connectivity index (χ4v) is 5.29. The molecule has 0 aromatic heterocycles. The van der Waals surface area contributed by atoms with Crippen molar-refractivity contribution in [3.05, 3.63) is 113 Å². The number of nitrogens with one attached hydrogen (secondary N) is 1. The van der Waals surface area contributed by atoms with Crippen LogP contribution in [0.25, 0.3) is 6.08 Å². The van der Waals surface area contributed by atoms with Gasteiger partial charge in [-0.15, -0.1) is 0 Å². The van der Waals surface area contributed by atoms with E-state index in [9.17, 15) is 18.0 Å². The number of carbonyl (C=O) groups excluding carboxylic acids is 2. The summed E-state index contributed by atoms with van der Waals surface area (Å²) in [5.41, 5.74) is 1.31. The number of hydrogen-bond acceptors (Lipinski definition) is 6. The van der Waals surface area contributed by atoms with Crippen LogP contribution in [0.5, 0.6) is 5.75 Å². The van der Waals surface area contributed by atoms with Crippen LogP contribution < -0.4 is 10.1 Å². The van der Waals surface area contributed by atoms with Crippen molar-refractivity contribution >= 4 is 28.0 Å². The van der Waals surface area contributed by atoms with Gasteiger partial charge in [0.1, 0.15) is 16.4 Å². The Bertz CT molecular complexity index is 1530. The van der Waals surface area contributed by atoms with Crippen molar-refractivity contribution < 1.29 is 26.9 Å². The number of ether oxygens (including phenoxy) is 1. The van der Waals surface area contributed by atoms with Gasteiger partial charge in [-0.1, -0.05) is 48.6 Å². The van der Waals surface area contributed by atoms with Crippen molar-refractivity contribution in [2.75, 3.05) is 0 Å². The Morgan fingerprint density at radius 3 is 2.55 bits per heavy atom. The van der Waals surface area contributed by atoms with E-state index in [0.29, 0.717) is 5.56 Å². The predicted molar refractivity (Wildman–Crippen MR) is 119 cm³/mol. The molecule has 1 atom stereocenters. The highest BCUT2D eigenvalue weighted by Gasteiger charge is 2.46. The lowest BCUT2D eigenvalue weighted by atomic mass is 9.76. The van der Waals surface area contributed by atoms with E-state index in [1.807, 2.05) is 24.3 Å². The highest BCUT2D eigenvalue weighted by atomic mass is 32.2. The fraction of sp³-hybridized carbons (Fsp3) is 0.0400. The molecule has 2 aliphatic heterocycles. The maximum atomic E-state index is 12.8. The largest absolute Gasteiger partial charge is 0.472 e. The van der Waals surface area contributed by atoms with Crippen LogP contribution in [0.1, 0.15) is 26.3 Å². The van der Waals surface area contributed by atoms with Crippen molar-refractivity contribution in [2.45, 2.75) is 10.5 Å². The van der Waals surface area contributed by atoms with Gasteiger partial charge < -0.3 is 8.92 Å². The molecule has 162 valence electrons. The first-order valence-electron chi connectivity index (χ1n) is 10.1. The summed E-state index contributed by atoms with van der Waals surface area (Å²) in [5.74, 6) is -0.674. The maximum Gasteiger partial charge on any atom is 0.339 e. The average Bonchev–Trinajstić information content (AvgIpc) is 3.10. The van der Waals surface area contributed by atoms with E-state index in [0.717, 1.165) is 11.1 Å². The van der Waals surface area contributed by atoms with Crippen LogP contribution in [-0.4, -0.2) is 25.8 Å². The van der Waals surface area contributed by atoms with Crippen LogP contribution in [0, 0.1) is 0 Å². The third-order valence-corrected chi connectivity index (χ3v) is 7.14. The maximum absolute atomic E-state index is 12.8. The molecule has 0 saturated carbocycles. The molecular weight excluding hydrogens is 442 g/mol. The third kappa shape index (κ3) is 2.84. The van der Waals surface area contributed by atoms with Gasteiger partial charge in [0.25, 0.3) is 11.8 Å². The zero-order valence-corrected chi connectivity index (χ0v) is 17.8. The number of carbonyl (C=O) groups is 2. The molecule has 0 bridgehead atoms. The molecule has 2 amide bonds. The summed E-state index contributed by atoms with van der Waals surface area (Å²) in [6.07, 6.45) is 12.3. The zero-order chi connectivity index (χ0) is 22.8. The summed E-state index contributed by atoms with van der Waals surface area (Å²) in [6.45, 7) is 0. The Kier molecular flexibility index (Phi) is 3.94. The monoisotopic (exact) mass is 457 g/mol. The molecule has 0 saturated heterocycles. The van der Waals surface area contributed by atoms with E-state index in [2.05, 4.69) is 5.32 Å². The van der Waals surface area contributed by atoms with Crippen molar-refractivity contribution in [1.29, 1.82) is 0 Å². The average molecular weight is 457 g/mol. The van der Waals surface area contributed by atoms with Gasteiger partial charge in [-0.3, -0.25) is 14.9 Å². The van der Waals surface area contributed by atoms with Gasteiger partial charge in [-0.25, -0.2) is 0 Å². The van der Waals surface area contributed by atoms with E-state index in [-0.39, 0.29) is 27.5 Å². The van der Waals surface area contributed by atoms with E-state index < -0.39 is 27.5 Å². The summed E-state index contributed by atoms with van der Waals surface area (Å²) >= 11 is 0. The quantitative estimate of drug-likeness (QED) is 0.560. The molecule has 33 heavy (non-hydrogen) atoms. The number of benzene rings is 2. The minimum Gasteiger partial charge on any atom is -0.472 e. The molecule has 6 rings (SSSR count). The second-order valence-corrected chi connectivity index (χ2v) is 9.39. The van der Waals surface area contributed by atoms with Gasteiger partial charge in [0.05, 0.1) is 11.1 Å². The van der Waals surface area contributed by atoms with Gasteiger partial charge in [0, 0.05) is 22.8 Å². The van der Waals surface area contributed by atoms with Crippen LogP contribution in [0.3, 0.4) is 0 Å². The van der Waals surface area contributed by atoms with Crippen LogP contribution in [0.2, 0.25) is 0 Å². The zero-order valence-electron chi connectivity index (χ0n) is 16.9.